The highest BCUT2D eigenvalue weighted by Crippen LogP contribution is 2.19. The highest BCUT2D eigenvalue weighted by Gasteiger charge is 2.36. The molecule has 0 spiro atoms. The van der Waals surface area contributed by atoms with E-state index in [1.165, 1.54) is 0 Å². The van der Waals surface area contributed by atoms with Crippen molar-refractivity contribution in [1.29, 1.82) is 0 Å². The van der Waals surface area contributed by atoms with Gasteiger partial charge in [-0.3, -0.25) is 4.79 Å². The first-order valence-electron chi connectivity index (χ1n) is 5.97. The lowest BCUT2D eigenvalue weighted by Crippen LogP contribution is -2.52. The van der Waals surface area contributed by atoms with Gasteiger partial charge in [0.2, 0.25) is 0 Å². The average molecular weight is 280 g/mol. The van der Waals surface area contributed by atoms with Crippen LogP contribution in [0.5, 0.6) is 0 Å². The number of methoxy groups -OCH3 is 1. The number of aliphatic carboxylic acids is 1. The second-order valence-electron chi connectivity index (χ2n) is 4.21. The van der Waals surface area contributed by atoms with Crippen LogP contribution in [0.15, 0.2) is 0 Å². The van der Waals surface area contributed by atoms with Crippen molar-refractivity contribution in [2.75, 3.05) is 26.8 Å². The normalized spacial score (nSPS) is 21.9. The van der Waals surface area contributed by atoms with Crippen LogP contribution in [0.3, 0.4) is 0 Å². The summed E-state index contributed by atoms with van der Waals surface area (Å²) in [6.07, 6.45) is 2.37. The Bertz CT molecular complexity index is 370. The Balaban J connectivity index is 2.60. The summed E-state index contributed by atoms with van der Waals surface area (Å²) in [6, 6.07) is -0.946. The molecule has 8 heteroatoms. The van der Waals surface area contributed by atoms with E-state index in [0.29, 0.717) is 25.9 Å². The molecule has 1 heterocycles. The second kappa shape index (κ2) is 7.03. The van der Waals surface area contributed by atoms with Crippen molar-refractivity contribution in [3.05, 3.63) is 0 Å². The molecule has 2 N–H and O–H groups in total. The molecular weight excluding hydrogens is 260 g/mol. The molecule has 1 saturated heterocycles. The number of nitrogens with one attached hydrogen (secondary N) is 1. The first kappa shape index (κ1) is 15.4. The fourth-order valence-corrected chi connectivity index (χ4v) is 3.41. The molecule has 1 fully saturated rings. The van der Waals surface area contributed by atoms with Gasteiger partial charge in [0.05, 0.1) is 0 Å². The summed E-state index contributed by atoms with van der Waals surface area (Å²) in [4.78, 5) is 11.0. The number of carboxylic acid groups (broad SMARTS) is 1. The van der Waals surface area contributed by atoms with Crippen LogP contribution in [-0.4, -0.2) is 56.6 Å². The van der Waals surface area contributed by atoms with Crippen molar-refractivity contribution in [2.24, 2.45) is 0 Å². The third-order valence-electron chi connectivity index (χ3n) is 2.86. The minimum atomic E-state index is -3.71. The Labute approximate surface area is 107 Å². The summed E-state index contributed by atoms with van der Waals surface area (Å²) in [6.45, 7) is 0.973. The SMILES string of the molecule is COCCCNS(=O)(=O)N1CCCCC1C(=O)O. The highest BCUT2D eigenvalue weighted by atomic mass is 32.2. The number of hydrogen-bond donors (Lipinski definition) is 2. The number of carboxylic acids is 1. The first-order valence-corrected chi connectivity index (χ1v) is 7.41. The molecule has 0 bridgehead atoms. The van der Waals surface area contributed by atoms with Crippen LogP contribution in [-0.2, 0) is 19.7 Å². The van der Waals surface area contributed by atoms with Crippen LogP contribution in [0, 0.1) is 0 Å². The van der Waals surface area contributed by atoms with Gasteiger partial charge in [0.15, 0.2) is 0 Å². The summed E-state index contributed by atoms with van der Waals surface area (Å²) < 4.78 is 32.2. The first-order chi connectivity index (χ1) is 8.49. The fourth-order valence-electron chi connectivity index (χ4n) is 1.94. The van der Waals surface area contributed by atoms with Gasteiger partial charge in [-0.25, -0.2) is 4.72 Å². The third kappa shape index (κ3) is 4.20. The topological polar surface area (TPSA) is 95.9 Å². The molecule has 18 heavy (non-hydrogen) atoms. The summed E-state index contributed by atoms with van der Waals surface area (Å²) >= 11 is 0. The summed E-state index contributed by atoms with van der Waals surface area (Å²) in [7, 11) is -2.17. The summed E-state index contributed by atoms with van der Waals surface area (Å²) in [5.74, 6) is -1.09. The van der Waals surface area contributed by atoms with Gasteiger partial charge in [0.1, 0.15) is 6.04 Å². The lowest BCUT2D eigenvalue weighted by Gasteiger charge is -2.31. The zero-order valence-electron chi connectivity index (χ0n) is 10.5. The molecule has 1 aliphatic rings. The number of carbonyl (C=O) groups is 1. The number of ether oxygens (including phenoxy) is 1. The average Bonchev–Trinajstić information content (AvgIpc) is 2.35. The van der Waals surface area contributed by atoms with E-state index in [1.807, 2.05) is 0 Å². The zero-order chi connectivity index (χ0) is 13.6. The lowest BCUT2D eigenvalue weighted by molar-refractivity contribution is -0.142. The standard InChI is InChI=1S/C10H20N2O5S/c1-17-8-4-6-11-18(15,16)12-7-3-2-5-9(12)10(13)14/h9,11H,2-8H2,1H3,(H,13,14). The maximum atomic E-state index is 12.0. The molecule has 0 radical (unpaired) electrons. The zero-order valence-corrected chi connectivity index (χ0v) is 11.3. The maximum Gasteiger partial charge on any atom is 0.322 e. The molecule has 7 nitrogen and oxygen atoms in total. The van der Waals surface area contributed by atoms with Gasteiger partial charge in [0, 0.05) is 26.8 Å². The van der Waals surface area contributed by atoms with Gasteiger partial charge in [-0.1, -0.05) is 0 Å². The molecule has 1 unspecified atom stereocenters. The van der Waals surface area contributed by atoms with Crippen molar-refractivity contribution < 1.29 is 23.1 Å². The Morgan fingerprint density at radius 3 is 2.83 bits per heavy atom. The second-order valence-corrected chi connectivity index (χ2v) is 5.91. The largest absolute Gasteiger partial charge is 0.480 e. The minimum absolute atomic E-state index is 0.249. The van der Waals surface area contributed by atoms with E-state index >= 15 is 0 Å². The number of nitrogens with zero attached hydrogens (tertiary/aromatic N) is 1. The van der Waals surface area contributed by atoms with Crippen molar-refractivity contribution in [3.63, 3.8) is 0 Å². The fraction of sp³-hybridized carbons (Fsp3) is 0.900. The molecule has 1 rings (SSSR count). The molecule has 0 aromatic heterocycles. The highest BCUT2D eigenvalue weighted by molar-refractivity contribution is 7.87. The Kier molecular flexibility index (Phi) is 6.00. The molecule has 0 aliphatic carbocycles. The quantitative estimate of drug-likeness (QED) is 0.629. The summed E-state index contributed by atoms with van der Waals surface area (Å²) in [5.41, 5.74) is 0. The van der Waals surface area contributed by atoms with Gasteiger partial charge < -0.3 is 9.84 Å². The van der Waals surface area contributed by atoms with Crippen LogP contribution in [0.1, 0.15) is 25.7 Å². The van der Waals surface area contributed by atoms with E-state index in [2.05, 4.69) is 4.72 Å². The Hall–Kier alpha value is -0.700. The van der Waals surface area contributed by atoms with Crippen molar-refractivity contribution in [3.8, 4) is 0 Å². The Morgan fingerprint density at radius 1 is 1.50 bits per heavy atom. The molecule has 0 amide bonds. The third-order valence-corrected chi connectivity index (χ3v) is 4.48. The number of piperidine rings is 1. The molecule has 0 aromatic rings. The predicted octanol–water partition coefficient (Wildman–Crippen LogP) is -0.204. The van der Waals surface area contributed by atoms with Crippen LogP contribution in [0.4, 0.5) is 0 Å². The number of rotatable bonds is 7. The molecule has 106 valence electrons. The number of hydrogen-bond acceptors (Lipinski definition) is 4. The lowest BCUT2D eigenvalue weighted by atomic mass is 10.1. The predicted molar refractivity (Wildman–Crippen MR) is 65.4 cm³/mol. The molecular formula is C10H20N2O5S. The minimum Gasteiger partial charge on any atom is -0.480 e. The van der Waals surface area contributed by atoms with Gasteiger partial charge in [-0.05, 0) is 25.7 Å². The maximum absolute atomic E-state index is 12.0. The van der Waals surface area contributed by atoms with Gasteiger partial charge >= 0.3 is 5.97 Å². The molecule has 0 aromatic carbocycles. The summed E-state index contributed by atoms with van der Waals surface area (Å²) in [5, 5.41) is 9.03. The molecule has 0 saturated carbocycles. The van der Waals surface area contributed by atoms with E-state index in [4.69, 9.17) is 9.84 Å². The van der Waals surface area contributed by atoms with E-state index in [-0.39, 0.29) is 13.1 Å². The molecule has 1 atom stereocenters. The monoisotopic (exact) mass is 280 g/mol. The van der Waals surface area contributed by atoms with E-state index < -0.39 is 22.2 Å². The van der Waals surface area contributed by atoms with Crippen LogP contribution in [0.25, 0.3) is 0 Å². The Morgan fingerprint density at radius 2 is 2.22 bits per heavy atom. The van der Waals surface area contributed by atoms with E-state index in [9.17, 15) is 13.2 Å². The van der Waals surface area contributed by atoms with Crippen LogP contribution < -0.4 is 4.72 Å². The van der Waals surface area contributed by atoms with E-state index in [0.717, 1.165) is 10.7 Å². The van der Waals surface area contributed by atoms with Crippen molar-refractivity contribution >= 4 is 16.2 Å². The van der Waals surface area contributed by atoms with Gasteiger partial charge in [-0.15, -0.1) is 0 Å². The van der Waals surface area contributed by atoms with Crippen molar-refractivity contribution in [1.82, 2.24) is 9.03 Å². The van der Waals surface area contributed by atoms with Crippen molar-refractivity contribution in [2.45, 2.75) is 31.7 Å². The van der Waals surface area contributed by atoms with Crippen LogP contribution in [0.2, 0.25) is 0 Å². The van der Waals surface area contributed by atoms with E-state index in [1.54, 1.807) is 7.11 Å². The van der Waals surface area contributed by atoms with Gasteiger partial charge in [0.25, 0.3) is 10.2 Å². The smallest absolute Gasteiger partial charge is 0.322 e. The molecule has 1 aliphatic heterocycles. The van der Waals surface area contributed by atoms with Gasteiger partial charge in [-0.2, -0.15) is 12.7 Å². The van der Waals surface area contributed by atoms with Crippen LogP contribution >= 0.6 is 0 Å².